The van der Waals surface area contributed by atoms with Crippen molar-refractivity contribution in [1.82, 2.24) is 16.0 Å². The standard InChI is InChI=1S/C14H32N6O2/c15-5-3-8-18-6-1-2-7-19-9-4-10-20-14(22)12(16)11-13(17)21/h12,18-19H,1-11,15-16H2,(H2,17,21)(H,20,22)/t12-/m0/s1. The Morgan fingerprint density at radius 1 is 0.864 bits per heavy atom. The molecule has 2 amide bonds. The van der Waals surface area contributed by atoms with Crippen molar-refractivity contribution >= 4 is 11.8 Å². The number of rotatable bonds is 15. The molecule has 8 heteroatoms. The smallest absolute Gasteiger partial charge is 0.237 e. The first-order valence-electron chi connectivity index (χ1n) is 8.01. The summed E-state index contributed by atoms with van der Waals surface area (Å²) < 4.78 is 0. The second-order valence-electron chi connectivity index (χ2n) is 5.27. The number of unbranched alkanes of at least 4 members (excludes halogenated alkanes) is 1. The Kier molecular flexibility index (Phi) is 13.9. The molecule has 0 aliphatic carbocycles. The van der Waals surface area contributed by atoms with Gasteiger partial charge in [-0.2, -0.15) is 0 Å². The van der Waals surface area contributed by atoms with Gasteiger partial charge < -0.3 is 33.2 Å². The number of carbonyl (C=O) groups excluding carboxylic acids is 2. The highest BCUT2D eigenvalue weighted by molar-refractivity contribution is 5.87. The molecule has 0 fully saturated rings. The van der Waals surface area contributed by atoms with Crippen LogP contribution in [-0.4, -0.2) is 57.1 Å². The van der Waals surface area contributed by atoms with Crippen molar-refractivity contribution in [3.8, 4) is 0 Å². The van der Waals surface area contributed by atoms with Crippen LogP contribution in [-0.2, 0) is 9.59 Å². The summed E-state index contributed by atoms with van der Waals surface area (Å²) in [6.07, 6.45) is 3.97. The zero-order valence-electron chi connectivity index (χ0n) is 13.4. The fourth-order valence-electron chi connectivity index (χ4n) is 1.84. The van der Waals surface area contributed by atoms with Gasteiger partial charge in [-0.3, -0.25) is 9.59 Å². The molecule has 0 aliphatic heterocycles. The molecule has 0 heterocycles. The van der Waals surface area contributed by atoms with E-state index in [9.17, 15) is 9.59 Å². The van der Waals surface area contributed by atoms with Crippen molar-refractivity contribution < 1.29 is 9.59 Å². The van der Waals surface area contributed by atoms with E-state index in [2.05, 4.69) is 16.0 Å². The highest BCUT2D eigenvalue weighted by Crippen LogP contribution is 1.88. The van der Waals surface area contributed by atoms with Crippen molar-refractivity contribution in [3.63, 3.8) is 0 Å². The average Bonchev–Trinajstić information content (AvgIpc) is 2.47. The molecule has 0 rings (SSSR count). The minimum absolute atomic E-state index is 0.122. The second kappa shape index (κ2) is 14.7. The van der Waals surface area contributed by atoms with Crippen LogP contribution < -0.4 is 33.2 Å². The van der Waals surface area contributed by atoms with Crippen LogP contribution in [0.2, 0.25) is 0 Å². The first-order chi connectivity index (χ1) is 10.6. The third-order valence-electron chi connectivity index (χ3n) is 3.10. The number of hydrogen-bond donors (Lipinski definition) is 6. The zero-order valence-corrected chi connectivity index (χ0v) is 13.4. The summed E-state index contributed by atoms with van der Waals surface area (Å²) in [5.74, 6) is -0.899. The maximum atomic E-state index is 11.5. The van der Waals surface area contributed by atoms with Gasteiger partial charge in [-0.1, -0.05) is 0 Å². The van der Waals surface area contributed by atoms with Gasteiger partial charge in [-0.25, -0.2) is 0 Å². The molecule has 0 spiro atoms. The van der Waals surface area contributed by atoms with Gasteiger partial charge in [-0.05, 0) is 58.4 Å². The van der Waals surface area contributed by atoms with Crippen LogP contribution in [0.1, 0.15) is 32.1 Å². The van der Waals surface area contributed by atoms with Crippen molar-refractivity contribution in [2.24, 2.45) is 17.2 Å². The molecule has 0 unspecified atom stereocenters. The number of carbonyl (C=O) groups is 2. The van der Waals surface area contributed by atoms with E-state index in [1.54, 1.807) is 0 Å². The molecule has 0 aromatic heterocycles. The van der Waals surface area contributed by atoms with Gasteiger partial charge in [0.2, 0.25) is 11.8 Å². The van der Waals surface area contributed by atoms with Crippen LogP contribution in [0.3, 0.4) is 0 Å². The highest BCUT2D eigenvalue weighted by atomic mass is 16.2. The lowest BCUT2D eigenvalue weighted by Gasteiger charge is -2.10. The Hall–Kier alpha value is -1.22. The Labute approximate surface area is 132 Å². The number of nitrogens with one attached hydrogen (secondary N) is 3. The molecule has 0 bridgehead atoms. The Bertz CT molecular complexity index is 301. The lowest BCUT2D eigenvalue weighted by molar-refractivity contribution is -0.126. The highest BCUT2D eigenvalue weighted by Gasteiger charge is 2.14. The molecule has 0 radical (unpaired) electrons. The Morgan fingerprint density at radius 2 is 1.41 bits per heavy atom. The summed E-state index contributed by atoms with van der Waals surface area (Å²) in [7, 11) is 0. The van der Waals surface area contributed by atoms with Crippen molar-refractivity contribution in [1.29, 1.82) is 0 Å². The van der Waals surface area contributed by atoms with E-state index in [0.717, 1.165) is 58.4 Å². The van der Waals surface area contributed by atoms with Crippen LogP contribution in [0.25, 0.3) is 0 Å². The minimum atomic E-state index is -0.850. The SMILES string of the molecule is NCCCNCCCCNCCCNC(=O)[C@@H](N)CC(N)=O. The zero-order chi connectivity index (χ0) is 16.6. The second-order valence-corrected chi connectivity index (χ2v) is 5.27. The van der Waals surface area contributed by atoms with Crippen molar-refractivity contribution in [3.05, 3.63) is 0 Å². The summed E-state index contributed by atoms with van der Waals surface area (Å²) in [6.45, 7) is 5.09. The molecule has 9 N–H and O–H groups in total. The molecule has 0 saturated carbocycles. The molecular weight excluding hydrogens is 284 g/mol. The molecule has 1 atom stereocenters. The van der Waals surface area contributed by atoms with Crippen LogP contribution in [0.5, 0.6) is 0 Å². The molecule has 0 saturated heterocycles. The summed E-state index contributed by atoms with van der Waals surface area (Å²) in [5.41, 5.74) is 15.9. The summed E-state index contributed by atoms with van der Waals surface area (Å²) in [6, 6.07) is -0.850. The van der Waals surface area contributed by atoms with E-state index in [1.807, 2.05) is 0 Å². The van der Waals surface area contributed by atoms with Gasteiger partial charge in [0.15, 0.2) is 0 Å². The molecule has 8 nitrogen and oxygen atoms in total. The molecule has 0 aromatic rings. The fourth-order valence-corrected chi connectivity index (χ4v) is 1.84. The van der Waals surface area contributed by atoms with E-state index in [0.29, 0.717) is 6.54 Å². The fraction of sp³-hybridized carbons (Fsp3) is 0.857. The summed E-state index contributed by atoms with van der Waals surface area (Å²) in [4.78, 5) is 22.1. The van der Waals surface area contributed by atoms with Gasteiger partial charge in [0.1, 0.15) is 0 Å². The largest absolute Gasteiger partial charge is 0.370 e. The first kappa shape index (κ1) is 20.8. The van der Waals surface area contributed by atoms with E-state index in [1.165, 1.54) is 0 Å². The maximum Gasteiger partial charge on any atom is 0.237 e. The van der Waals surface area contributed by atoms with Gasteiger partial charge in [0.05, 0.1) is 12.5 Å². The summed E-state index contributed by atoms with van der Waals surface area (Å²) in [5, 5.41) is 9.34. The normalized spacial score (nSPS) is 12.1. The molecular formula is C14H32N6O2. The molecule has 0 aromatic carbocycles. The van der Waals surface area contributed by atoms with E-state index in [4.69, 9.17) is 17.2 Å². The van der Waals surface area contributed by atoms with Crippen LogP contribution in [0, 0.1) is 0 Å². The Morgan fingerprint density at radius 3 is 1.95 bits per heavy atom. The predicted octanol–water partition coefficient (Wildman–Crippen LogP) is -2.00. The predicted molar refractivity (Wildman–Crippen MR) is 88.1 cm³/mol. The third-order valence-corrected chi connectivity index (χ3v) is 3.10. The number of nitrogens with two attached hydrogens (primary N) is 3. The van der Waals surface area contributed by atoms with Gasteiger partial charge >= 0.3 is 0 Å². The van der Waals surface area contributed by atoms with Crippen molar-refractivity contribution in [2.75, 3.05) is 39.3 Å². The van der Waals surface area contributed by atoms with E-state index >= 15 is 0 Å². The maximum absolute atomic E-state index is 11.5. The van der Waals surface area contributed by atoms with Crippen LogP contribution in [0.4, 0.5) is 0 Å². The topological polar surface area (TPSA) is 148 Å². The van der Waals surface area contributed by atoms with Crippen molar-refractivity contribution in [2.45, 2.75) is 38.1 Å². The summed E-state index contributed by atoms with van der Waals surface area (Å²) >= 11 is 0. The molecule has 130 valence electrons. The van der Waals surface area contributed by atoms with Gasteiger partial charge in [0, 0.05) is 6.54 Å². The monoisotopic (exact) mass is 316 g/mol. The lowest BCUT2D eigenvalue weighted by atomic mass is 10.2. The number of amides is 2. The van der Waals surface area contributed by atoms with Gasteiger partial charge in [0.25, 0.3) is 0 Å². The number of hydrogen-bond acceptors (Lipinski definition) is 6. The Balaban J connectivity index is 3.26. The number of primary amides is 1. The van der Waals surface area contributed by atoms with E-state index < -0.39 is 11.9 Å². The van der Waals surface area contributed by atoms with Gasteiger partial charge in [-0.15, -0.1) is 0 Å². The minimum Gasteiger partial charge on any atom is -0.370 e. The van der Waals surface area contributed by atoms with E-state index in [-0.39, 0.29) is 12.3 Å². The molecule has 0 aliphatic rings. The van der Waals surface area contributed by atoms with Crippen LogP contribution >= 0.6 is 0 Å². The first-order valence-corrected chi connectivity index (χ1v) is 8.01. The molecule has 22 heavy (non-hydrogen) atoms. The lowest BCUT2D eigenvalue weighted by Crippen LogP contribution is -2.43. The quantitative estimate of drug-likeness (QED) is 0.193. The van der Waals surface area contributed by atoms with Crippen LogP contribution in [0.15, 0.2) is 0 Å². The average molecular weight is 316 g/mol. The third kappa shape index (κ3) is 13.7.